The van der Waals surface area contributed by atoms with Gasteiger partial charge in [-0.2, -0.15) is 0 Å². The molecule has 1 N–H and O–H groups in total. The van der Waals surface area contributed by atoms with Crippen molar-refractivity contribution in [2.45, 2.75) is 52.5 Å². The number of unbranched alkanes of at least 4 members (excludes halogenated alkanes) is 3. The highest BCUT2D eigenvalue weighted by Crippen LogP contribution is 2.39. The number of aliphatic carboxylic acids is 1. The third kappa shape index (κ3) is 4.36. The van der Waals surface area contributed by atoms with Crippen molar-refractivity contribution in [1.82, 2.24) is 4.57 Å². The summed E-state index contributed by atoms with van der Waals surface area (Å²) < 4.78 is 2.34. The Morgan fingerprint density at radius 3 is 2.07 bits per heavy atom. The van der Waals surface area contributed by atoms with E-state index in [9.17, 15) is 9.90 Å². The highest BCUT2D eigenvalue weighted by molar-refractivity contribution is 5.88. The van der Waals surface area contributed by atoms with Crippen LogP contribution in [-0.2, 0) is 17.8 Å². The summed E-state index contributed by atoms with van der Waals surface area (Å²) in [5, 5.41) is 9.57. The topological polar surface area (TPSA) is 42.2 Å². The van der Waals surface area contributed by atoms with Gasteiger partial charge >= 0.3 is 5.97 Å². The average molecular weight is 376 g/mol. The Hall–Kier alpha value is -2.81. The minimum Gasteiger partial charge on any atom is -0.481 e. The Morgan fingerprint density at radius 2 is 1.50 bits per heavy atom. The first-order valence-corrected chi connectivity index (χ1v) is 10.2. The van der Waals surface area contributed by atoms with Crippen LogP contribution in [0.25, 0.3) is 22.4 Å². The van der Waals surface area contributed by atoms with Crippen molar-refractivity contribution in [2.75, 3.05) is 0 Å². The van der Waals surface area contributed by atoms with Crippen LogP contribution in [0.4, 0.5) is 0 Å². The van der Waals surface area contributed by atoms with E-state index in [1.54, 1.807) is 0 Å². The lowest BCUT2D eigenvalue weighted by Gasteiger charge is -2.14. The molecule has 0 saturated carbocycles. The fraction of sp³-hybridized carbons (Fsp3) is 0.320. The molecule has 0 aliphatic carbocycles. The van der Waals surface area contributed by atoms with Crippen molar-refractivity contribution in [1.29, 1.82) is 0 Å². The van der Waals surface area contributed by atoms with Gasteiger partial charge in [0, 0.05) is 17.8 Å². The van der Waals surface area contributed by atoms with E-state index in [4.69, 9.17) is 0 Å². The smallest absolute Gasteiger partial charge is 0.307 e. The molecule has 0 fully saturated rings. The Morgan fingerprint density at radius 1 is 0.893 bits per heavy atom. The highest BCUT2D eigenvalue weighted by Gasteiger charge is 2.23. The number of hydrogen-bond acceptors (Lipinski definition) is 1. The van der Waals surface area contributed by atoms with E-state index in [0.717, 1.165) is 46.6 Å². The molecule has 0 spiro atoms. The molecule has 3 rings (SSSR count). The van der Waals surface area contributed by atoms with E-state index in [2.05, 4.69) is 42.7 Å². The summed E-state index contributed by atoms with van der Waals surface area (Å²) in [5.74, 6) is -0.789. The summed E-state index contributed by atoms with van der Waals surface area (Å²) in [5.41, 5.74) is 6.40. The molecule has 3 aromatic rings. The molecule has 0 unspecified atom stereocenters. The molecule has 0 amide bonds. The van der Waals surface area contributed by atoms with Crippen LogP contribution < -0.4 is 0 Å². The average Bonchev–Trinajstić information content (AvgIpc) is 2.98. The van der Waals surface area contributed by atoms with Gasteiger partial charge in [0.05, 0.1) is 12.1 Å². The third-order valence-electron chi connectivity index (χ3n) is 5.32. The van der Waals surface area contributed by atoms with Gasteiger partial charge < -0.3 is 9.67 Å². The van der Waals surface area contributed by atoms with Crippen LogP contribution in [0.3, 0.4) is 0 Å². The minimum atomic E-state index is -0.789. The molecule has 1 aromatic heterocycles. The molecule has 3 heteroatoms. The summed E-state index contributed by atoms with van der Waals surface area (Å²) in [6, 6.07) is 20.5. The fourth-order valence-electron chi connectivity index (χ4n) is 3.95. The molecule has 0 bridgehead atoms. The summed E-state index contributed by atoms with van der Waals surface area (Å²) in [4.78, 5) is 11.7. The van der Waals surface area contributed by atoms with Crippen LogP contribution in [0, 0.1) is 6.92 Å². The van der Waals surface area contributed by atoms with E-state index in [1.165, 1.54) is 19.3 Å². The van der Waals surface area contributed by atoms with E-state index in [0.29, 0.717) is 0 Å². The zero-order valence-electron chi connectivity index (χ0n) is 16.8. The van der Waals surface area contributed by atoms with E-state index >= 15 is 0 Å². The lowest BCUT2D eigenvalue weighted by molar-refractivity contribution is -0.136. The van der Waals surface area contributed by atoms with Crippen LogP contribution >= 0.6 is 0 Å². The maximum absolute atomic E-state index is 11.7. The molecule has 1 heterocycles. The van der Waals surface area contributed by atoms with Crippen LogP contribution in [0.2, 0.25) is 0 Å². The van der Waals surface area contributed by atoms with Gasteiger partial charge in [0.1, 0.15) is 0 Å². The molecule has 2 aromatic carbocycles. The molecule has 3 nitrogen and oxygen atoms in total. The molecule has 0 radical (unpaired) electrons. The standard InChI is InChI=1S/C25H29NO2/c1-3-4-5-12-17-26-19(2)22(18-23(27)28)24(20-13-8-6-9-14-20)25(26)21-15-10-7-11-16-21/h6-11,13-16H,3-5,12,17-18H2,1-2H3,(H,27,28). The van der Waals surface area contributed by atoms with Gasteiger partial charge in [0.25, 0.3) is 0 Å². The lowest BCUT2D eigenvalue weighted by Crippen LogP contribution is -2.05. The number of benzene rings is 2. The Bertz CT molecular complexity index is 911. The number of carboxylic acids is 1. The summed E-state index contributed by atoms with van der Waals surface area (Å²) in [7, 11) is 0. The maximum Gasteiger partial charge on any atom is 0.307 e. The summed E-state index contributed by atoms with van der Waals surface area (Å²) in [6.45, 7) is 5.20. The minimum absolute atomic E-state index is 0.0395. The molecule has 146 valence electrons. The van der Waals surface area contributed by atoms with Crippen molar-refractivity contribution in [2.24, 2.45) is 0 Å². The van der Waals surface area contributed by atoms with Gasteiger partial charge in [-0.3, -0.25) is 4.79 Å². The first-order valence-electron chi connectivity index (χ1n) is 10.2. The number of aromatic nitrogens is 1. The molecule has 28 heavy (non-hydrogen) atoms. The fourth-order valence-corrected chi connectivity index (χ4v) is 3.95. The number of hydrogen-bond donors (Lipinski definition) is 1. The second-order valence-electron chi connectivity index (χ2n) is 7.30. The Labute approximate surface area is 167 Å². The zero-order chi connectivity index (χ0) is 19.9. The number of carboxylic acid groups (broad SMARTS) is 1. The second kappa shape index (κ2) is 9.41. The Kier molecular flexibility index (Phi) is 6.70. The summed E-state index contributed by atoms with van der Waals surface area (Å²) in [6.07, 6.45) is 4.77. The SMILES string of the molecule is CCCCCCn1c(C)c(CC(=O)O)c(-c2ccccc2)c1-c1ccccc1. The van der Waals surface area contributed by atoms with E-state index in [-0.39, 0.29) is 6.42 Å². The largest absolute Gasteiger partial charge is 0.481 e. The van der Waals surface area contributed by atoms with Crippen molar-refractivity contribution < 1.29 is 9.90 Å². The van der Waals surface area contributed by atoms with Crippen molar-refractivity contribution in [3.05, 3.63) is 71.9 Å². The monoisotopic (exact) mass is 375 g/mol. The molecular weight excluding hydrogens is 346 g/mol. The van der Waals surface area contributed by atoms with Gasteiger partial charge in [-0.25, -0.2) is 0 Å². The van der Waals surface area contributed by atoms with Crippen molar-refractivity contribution in [3.8, 4) is 22.4 Å². The predicted molar refractivity (Wildman–Crippen MR) is 116 cm³/mol. The molecule has 0 saturated heterocycles. The van der Waals surface area contributed by atoms with Crippen molar-refractivity contribution in [3.63, 3.8) is 0 Å². The molecular formula is C25H29NO2. The van der Waals surface area contributed by atoms with Crippen LogP contribution in [0.1, 0.15) is 43.9 Å². The van der Waals surface area contributed by atoms with Crippen molar-refractivity contribution >= 4 is 5.97 Å². The summed E-state index contributed by atoms with van der Waals surface area (Å²) >= 11 is 0. The Balaban J connectivity index is 2.20. The van der Waals surface area contributed by atoms with E-state index < -0.39 is 5.97 Å². The third-order valence-corrected chi connectivity index (χ3v) is 5.32. The van der Waals surface area contributed by atoms with Crippen LogP contribution in [0.5, 0.6) is 0 Å². The first kappa shape index (κ1) is 19.9. The predicted octanol–water partition coefficient (Wildman–Crippen LogP) is 6.34. The van der Waals surface area contributed by atoms with Gasteiger partial charge in [-0.1, -0.05) is 86.8 Å². The number of nitrogens with zero attached hydrogens (tertiary/aromatic N) is 1. The van der Waals surface area contributed by atoms with Gasteiger partial charge in [0.2, 0.25) is 0 Å². The number of carbonyl (C=O) groups is 1. The first-order chi connectivity index (χ1) is 13.6. The molecule has 0 atom stereocenters. The quantitative estimate of drug-likeness (QED) is 0.444. The number of rotatable bonds is 9. The highest BCUT2D eigenvalue weighted by atomic mass is 16.4. The zero-order valence-corrected chi connectivity index (χ0v) is 16.8. The van der Waals surface area contributed by atoms with Crippen LogP contribution in [-0.4, -0.2) is 15.6 Å². The lowest BCUT2D eigenvalue weighted by atomic mass is 9.95. The van der Waals surface area contributed by atoms with Crippen LogP contribution in [0.15, 0.2) is 60.7 Å². The second-order valence-corrected chi connectivity index (χ2v) is 7.30. The molecule has 0 aliphatic heterocycles. The molecule has 0 aliphatic rings. The normalized spacial score (nSPS) is 10.9. The van der Waals surface area contributed by atoms with Gasteiger partial charge in [-0.15, -0.1) is 0 Å². The maximum atomic E-state index is 11.7. The van der Waals surface area contributed by atoms with Gasteiger partial charge in [0.15, 0.2) is 0 Å². The van der Waals surface area contributed by atoms with E-state index in [1.807, 2.05) is 36.4 Å². The van der Waals surface area contributed by atoms with Gasteiger partial charge in [-0.05, 0) is 30.0 Å².